The van der Waals surface area contributed by atoms with E-state index in [9.17, 15) is 9.59 Å². The van der Waals surface area contributed by atoms with E-state index in [4.69, 9.17) is 4.74 Å². The highest BCUT2D eigenvalue weighted by Gasteiger charge is 2.42. The molecule has 3 rings (SSSR count). The molecule has 1 aliphatic heterocycles. The van der Waals surface area contributed by atoms with Gasteiger partial charge in [-0.2, -0.15) is 0 Å². The summed E-state index contributed by atoms with van der Waals surface area (Å²) in [5, 5.41) is 7.97. The Labute approximate surface area is 186 Å². The number of nitrogens with zero attached hydrogens (tertiary/aromatic N) is 2. The molecule has 9 heteroatoms. The molecule has 0 bridgehead atoms. The minimum Gasteiger partial charge on any atom is -0.462 e. The summed E-state index contributed by atoms with van der Waals surface area (Å²) in [5.74, 6) is -0.331. The quantitative estimate of drug-likeness (QED) is 0.489. The Kier molecular flexibility index (Phi) is 6.64. The Morgan fingerprint density at radius 2 is 2.07 bits per heavy atom. The Balaban J connectivity index is 1.88. The highest BCUT2D eigenvalue weighted by atomic mass is 32.2. The first-order chi connectivity index (χ1) is 14.1. The van der Waals surface area contributed by atoms with Gasteiger partial charge in [-0.3, -0.25) is 4.79 Å². The third-order valence-corrected chi connectivity index (χ3v) is 7.40. The summed E-state index contributed by atoms with van der Waals surface area (Å²) in [6.45, 7) is 13.4. The standard InChI is InChI=1S/C21H30N4O3S2/c1-7-25-10-9-22-19(25)29-12-14(26)23-17-15(18(27)28-8-2)13-11-20(3,4)24-21(5,6)16(13)30-17/h9-10,24H,7-8,11-12H2,1-6H3,(H,23,26). The van der Waals surface area contributed by atoms with E-state index in [2.05, 4.69) is 43.3 Å². The van der Waals surface area contributed by atoms with Gasteiger partial charge in [0.05, 0.1) is 17.9 Å². The molecule has 30 heavy (non-hydrogen) atoms. The van der Waals surface area contributed by atoms with Crippen LogP contribution < -0.4 is 10.6 Å². The number of hydrogen-bond acceptors (Lipinski definition) is 7. The molecule has 0 unspecified atom stereocenters. The zero-order valence-electron chi connectivity index (χ0n) is 18.4. The summed E-state index contributed by atoms with van der Waals surface area (Å²) in [4.78, 5) is 30.9. The van der Waals surface area contributed by atoms with Crippen molar-refractivity contribution in [3.05, 3.63) is 28.4 Å². The van der Waals surface area contributed by atoms with Gasteiger partial charge in [0, 0.05) is 34.9 Å². The lowest BCUT2D eigenvalue weighted by atomic mass is 9.81. The van der Waals surface area contributed by atoms with Crippen molar-refractivity contribution in [2.75, 3.05) is 17.7 Å². The van der Waals surface area contributed by atoms with Crippen molar-refractivity contribution in [1.82, 2.24) is 14.9 Å². The number of imidazole rings is 1. The molecule has 0 radical (unpaired) electrons. The lowest BCUT2D eigenvalue weighted by Crippen LogP contribution is -2.55. The van der Waals surface area contributed by atoms with Crippen LogP contribution >= 0.6 is 23.1 Å². The van der Waals surface area contributed by atoms with Crippen molar-refractivity contribution >= 4 is 40.0 Å². The maximum atomic E-state index is 12.8. The first-order valence-corrected chi connectivity index (χ1v) is 11.9. The van der Waals surface area contributed by atoms with Crippen LogP contribution in [-0.2, 0) is 28.0 Å². The van der Waals surface area contributed by atoms with Gasteiger partial charge in [0.1, 0.15) is 5.00 Å². The predicted octanol–water partition coefficient (Wildman–Crippen LogP) is 4.03. The lowest BCUT2D eigenvalue weighted by Gasteiger charge is -2.42. The van der Waals surface area contributed by atoms with E-state index in [0.717, 1.165) is 22.1 Å². The number of aryl methyl sites for hydroxylation is 1. The molecule has 3 heterocycles. The summed E-state index contributed by atoms with van der Waals surface area (Å²) in [7, 11) is 0. The molecular formula is C21H30N4O3S2. The molecule has 0 aromatic carbocycles. The summed E-state index contributed by atoms with van der Waals surface area (Å²) >= 11 is 2.84. The average Bonchev–Trinajstić information content (AvgIpc) is 3.23. The number of rotatable bonds is 7. The number of carbonyl (C=O) groups is 2. The highest BCUT2D eigenvalue weighted by molar-refractivity contribution is 7.99. The number of fused-ring (bicyclic) bond motifs is 1. The van der Waals surface area contributed by atoms with Gasteiger partial charge in [-0.1, -0.05) is 11.8 Å². The minimum atomic E-state index is -0.382. The molecule has 1 amide bonds. The molecule has 0 fully saturated rings. The molecule has 164 valence electrons. The number of carbonyl (C=O) groups excluding carboxylic acids is 2. The Morgan fingerprint density at radius 1 is 1.33 bits per heavy atom. The fourth-order valence-corrected chi connectivity index (χ4v) is 6.11. The van der Waals surface area contributed by atoms with E-state index in [1.165, 1.54) is 23.1 Å². The maximum absolute atomic E-state index is 12.8. The van der Waals surface area contributed by atoms with Crippen LogP contribution in [0.2, 0.25) is 0 Å². The molecule has 2 N–H and O–H groups in total. The van der Waals surface area contributed by atoms with Crippen LogP contribution in [0.4, 0.5) is 5.00 Å². The second-order valence-electron chi connectivity index (χ2n) is 8.48. The summed E-state index contributed by atoms with van der Waals surface area (Å²) < 4.78 is 7.33. The molecule has 2 aromatic rings. The topological polar surface area (TPSA) is 85.2 Å². The number of hydrogen-bond donors (Lipinski definition) is 2. The van der Waals surface area contributed by atoms with Crippen LogP contribution in [0.3, 0.4) is 0 Å². The number of amides is 1. The summed E-state index contributed by atoms with van der Waals surface area (Å²) in [5.41, 5.74) is 0.976. The van der Waals surface area contributed by atoms with Gasteiger partial charge in [-0.15, -0.1) is 11.3 Å². The van der Waals surface area contributed by atoms with Crippen LogP contribution in [0.15, 0.2) is 17.6 Å². The second kappa shape index (κ2) is 8.72. The fraction of sp³-hybridized carbons (Fsp3) is 0.571. The number of nitrogens with one attached hydrogen (secondary N) is 2. The van der Waals surface area contributed by atoms with E-state index in [1.807, 2.05) is 17.7 Å². The molecule has 0 aliphatic carbocycles. The Hall–Kier alpha value is -1.84. The number of thioether (sulfide) groups is 1. The first kappa shape index (κ1) is 22.8. The number of thiophene rings is 1. The summed E-state index contributed by atoms with van der Waals surface area (Å²) in [6, 6.07) is 0. The molecule has 7 nitrogen and oxygen atoms in total. The van der Waals surface area contributed by atoms with E-state index in [1.54, 1.807) is 13.1 Å². The third-order valence-electron chi connectivity index (χ3n) is 4.93. The van der Waals surface area contributed by atoms with Crippen molar-refractivity contribution in [3.8, 4) is 0 Å². The normalized spacial score (nSPS) is 16.7. The van der Waals surface area contributed by atoms with Gasteiger partial charge < -0.3 is 19.9 Å². The molecule has 0 saturated heterocycles. The second-order valence-corrected chi connectivity index (χ2v) is 10.4. The third kappa shape index (κ3) is 4.73. The Morgan fingerprint density at radius 3 is 2.73 bits per heavy atom. The van der Waals surface area contributed by atoms with Gasteiger partial charge in [0.15, 0.2) is 5.16 Å². The van der Waals surface area contributed by atoms with Gasteiger partial charge in [0.2, 0.25) is 5.91 Å². The number of esters is 1. The monoisotopic (exact) mass is 450 g/mol. The van der Waals surface area contributed by atoms with Crippen molar-refractivity contribution in [2.45, 2.75) is 70.7 Å². The molecule has 0 atom stereocenters. The fourth-order valence-electron chi connectivity index (χ4n) is 4.00. The minimum absolute atomic E-state index is 0.167. The zero-order chi connectivity index (χ0) is 22.1. The van der Waals surface area contributed by atoms with Crippen LogP contribution in [0.5, 0.6) is 0 Å². The number of ether oxygens (including phenoxy) is 1. The predicted molar refractivity (Wildman–Crippen MR) is 121 cm³/mol. The van der Waals surface area contributed by atoms with Crippen LogP contribution in [0.25, 0.3) is 0 Å². The van der Waals surface area contributed by atoms with Crippen molar-refractivity contribution < 1.29 is 14.3 Å². The van der Waals surface area contributed by atoms with Crippen LogP contribution in [0, 0.1) is 0 Å². The zero-order valence-corrected chi connectivity index (χ0v) is 20.1. The smallest absolute Gasteiger partial charge is 0.341 e. The van der Waals surface area contributed by atoms with Gasteiger partial charge in [-0.05, 0) is 53.5 Å². The van der Waals surface area contributed by atoms with Gasteiger partial charge in [0.25, 0.3) is 0 Å². The van der Waals surface area contributed by atoms with Crippen molar-refractivity contribution in [1.29, 1.82) is 0 Å². The average molecular weight is 451 g/mol. The van der Waals surface area contributed by atoms with Crippen LogP contribution in [-0.4, -0.2) is 39.3 Å². The molecule has 2 aromatic heterocycles. The molecule has 1 aliphatic rings. The molecular weight excluding hydrogens is 420 g/mol. The van der Waals surface area contributed by atoms with Crippen molar-refractivity contribution in [2.24, 2.45) is 0 Å². The maximum Gasteiger partial charge on any atom is 0.341 e. The molecule has 0 saturated carbocycles. The number of aromatic nitrogens is 2. The van der Waals surface area contributed by atoms with Crippen molar-refractivity contribution in [3.63, 3.8) is 0 Å². The summed E-state index contributed by atoms with van der Waals surface area (Å²) in [6.07, 6.45) is 4.31. The van der Waals surface area contributed by atoms with E-state index >= 15 is 0 Å². The highest BCUT2D eigenvalue weighted by Crippen LogP contribution is 2.45. The van der Waals surface area contributed by atoms with Crippen LogP contribution in [0.1, 0.15) is 62.3 Å². The number of anilines is 1. The lowest BCUT2D eigenvalue weighted by molar-refractivity contribution is -0.113. The Bertz CT molecular complexity index is 946. The largest absolute Gasteiger partial charge is 0.462 e. The van der Waals surface area contributed by atoms with Gasteiger partial charge >= 0.3 is 5.97 Å². The van der Waals surface area contributed by atoms with E-state index in [0.29, 0.717) is 17.0 Å². The van der Waals surface area contributed by atoms with E-state index in [-0.39, 0.29) is 35.3 Å². The first-order valence-electron chi connectivity index (χ1n) is 10.1. The van der Waals surface area contributed by atoms with Gasteiger partial charge in [-0.25, -0.2) is 9.78 Å². The molecule has 0 spiro atoms. The SMILES string of the molecule is CCOC(=O)c1c(NC(=O)CSc2nccn2CC)sc2c1CC(C)(C)NC2(C)C. The van der Waals surface area contributed by atoms with E-state index < -0.39 is 0 Å².